The van der Waals surface area contributed by atoms with Gasteiger partial charge >= 0.3 is 0 Å². The standard InChI is InChI=1S/C11H18N2/c1-3-5-6-10-9-11(12-4-2)7-8-13-10/h7-9H,3-6H2,1-2H3,(H,12,13). The second kappa shape index (κ2) is 5.57. The number of hydrogen-bond donors (Lipinski definition) is 1. The molecule has 1 aromatic rings. The first-order chi connectivity index (χ1) is 6.36. The van der Waals surface area contributed by atoms with Gasteiger partial charge in [-0.25, -0.2) is 0 Å². The highest BCUT2D eigenvalue weighted by Gasteiger charge is 1.95. The van der Waals surface area contributed by atoms with Crippen molar-refractivity contribution >= 4 is 5.69 Å². The number of aromatic nitrogens is 1. The van der Waals surface area contributed by atoms with Crippen molar-refractivity contribution in [2.24, 2.45) is 0 Å². The summed E-state index contributed by atoms with van der Waals surface area (Å²) in [6.45, 7) is 5.28. The zero-order valence-corrected chi connectivity index (χ0v) is 8.51. The third kappa shape index (κ3) is 3.45. The lowest BCUT2D eigenvalue weighted by Gasteiger charge is -2.04. The van der Waals surface area contributed by atoms with Crippen molar-refractivity contribution in [2.45, 2.75) is 33.1 Å². The third-order valence-corrected chi connectivity index (χ3v) is 1.98. The van der Waals surface area contributed by atoms with Crippen LogP contribution in [0.2, 0.25) is 0 Å². The van der Waals surface area contributed by atoms with Crippen LogP contribution in [0.1, 0.15) is 32.4 Å². The zero-order valence-electron chi connectivity index (χ0n) is 8.51. The monoisotopic (exact) mass is 178 g/mol. The van der Waals surface area contributed by atoms with Crippen LogP contribution >= 0.6 is 0 Å². The summed E-state index contributed by atoms with van der Waals surface area (Å²) in [6.07, 6.45) is 5.43. The molecule has 2 nitrogen and oxygen atoms in total. The smallest absolute Gasteiger partial charge is 0.0424 e. The Kier molecular flexibility index (Phi) is 4.30. The topological polar surface area (TPSA) is 24.9 Å². The van der Waals surface area contributed by atoms with Gasteiger partial charge in [-0.15, -0.1) is 0 Å². The number of pyridine rings is 1. The Bertz CT molecular complexity index is 246. The molecule has 0 spiro atoms. The van der Waals surface area contributed by atoms with Gasteiger partial charge in [-0.2, -0.15) is 0 Å². The van der Waals surface area contributed by atoms with Crippen LogP contribution < -0.4 is 5.32 Å². The van der Waals surface area contributed by atoms with E-state index in [-0.39, 0.29) is 0 Å². The molecule has 1 heterocycles. The minimum Gasteiger partial charge on any atom is -0.385 e. The lowest BCUT2D eigenvalue weighted by atomic mass is 10.2. The molecule has 0 bridgehead atoms. The number of nitrogens with one attached hydrogen (secondary N) is 1. The van der Waals surface area contributed by atoms with Crippen LogP contribution in [0, 0.1) is 0 Å². The SMILES string of the molecule is CCCCc1cc(NCC)ccn1. The number of anilines is 1. The number of rotatable bonds is 5. The minimum absolute atomic E-state index is 0.969. The molecule has 13 heavy (non-hydrogen) atoms. The highest BCUT2D eigenvalue weighted by molar-refractivity contribution is 5.42. The molecule has 0 fully saturated rings. The largest absolute Gasteiger partial charge is 0.385 e. The summed E-state index contributed by atoms with van der Waals surface area (Å²) < 4.78 is 0. The van der Waals surface area contributed by atoms with Gasteiger partial charge < -0.3 is 5.32 Å². The first-order valence-electron chi connectivity index (χ1n) is 5.05. The maximum atomic E-state index is 4.32. The first-order valence-corrected chi connectivity index (χ1v) is 5.05. The molecule has 1 N–H and O–H groups in total. The predicted molar refractivity (Wildman–Crippen MR) is 57.0 cm³/mol. The molecule has 0 aromatic carbocycles. The fraction of sp³-hybridized carbons (Fsp3) is 0.545. The maximum Gasteiger partial charge on any atom is 0.0424 e. The summed E-state index contributed by atoms with van der Waals surface area (Å²) in [6, 6.07) is 4.15. The molecule has 0 amide bonds. The summed E-state index contributed by atoms with van der Waals surface area (Å²) in [5, 5.41) is 3.28. The Morgan fingerprint density at radius 2 is 2.23 bits per heavy atom. The summed E-state index contributed by atoms with van der Waals surface area (Å²) in [4.78, 5) is 4.32. The van der Waals surface area contributed by atoms with Crippen molar-refractivity contribution in [2.75, 3.05) is 11.9 Å². The average molecular weight is 178 g/mol. The van der Waals surface area contributed by atoms with E-state index in [1.54, 1.807) is 0 Å². The highest BCUT2D eigenvalue weighted by atomic mass is 14.9. The van der Waals surface area contributed by atoms with Crippen LogP contribution in [-0.2, 0) is 6.42 Å². The van der Waals surface area contributed by atoms with Gasteiger partial charge in [-0.1, -0.05) is 13.3 Å². The molecule has 0 radical (unpaired) electrons. The van der Waals surface area contributed by atoms with Crippen molar-refractivity contribution in [1.82, 2.24) is 4.98 Å². The van der Waals surface area contributed by atoms with Gasteiger partial charge in [0.15, 0.2) is 0 Å². The van der Waals surface area contributed by atoms with Crippen molar-refractivity contribution in [3.63, 3.8) is 0 Å². The van der Waals surface area contributed by atoms with Crippen molar-refractivity contribution in [3.05, 3.63) is 24.0 Å². The molecule has 0 saturated carbocycles. The number of unbranched alkanes of at least 4 members (excludes halogenated alkanes) is 1. The molecule has 2 heteroatoms. The van der Waals surface area contributed by atoms with Gasteiger partial charge in [0.05, 0.1) is 0 Å². The van der Waals surface area contributed by atoms with Crippen LogP contribution in [0.3, 0.4) is 0 Å². The summed E-state index contributed by atoms with van der Waals surface area (Å²) in [7, 11) is 0. The molecule has 0 atom stereocenters. The second-order valence-corrected chi connectivity index (χ2v) is 3.17. The molecule has 1 rings (SSSR count). The summed E-state index contributed by atoms with van der Waals surface area (Å²) >= 11 is 0. The van der Waals surface area contributed by atoms with E-state index >= 15 is 0 Å². The normalized spacial score (nSPS) is 10.0. The van der Waals surface area contributed by atoms with Crippen LogP contribution in [0.5, 0.6) is 0 Å². The summed E-state index contributed by atoms with van der Waals surface area (Å²) in [5.74, 6) is 0. The Balaban J connectivity index is 2.56. The molecule has 0 saturated heterocycles. The number of nitrogens with zero attached hydrogens (tertiary/aromatic N) is 1. The van der Waals surface area contributed by atoms with Crippen LogP contribution in [0.4, 0.5) is 5.69 Å². The molecule has 0 unspecified atom stereocenters. The Labute approximate surface area is 80.4 Å². The van der Waals surface area contributed by atoms with Crippen molar-refractivity contribution < 1.29 is 0 Å². The second-order valence-electron chi connectivity index (χ2n) is 3.17. The lowest BCUT2D eigenvalue weighted by molar-refractivity contribution is 0.777. The van der Waals surface area contributed by atoms with E-state index in [1.165, 1.54) is 24.2 Å². The van der Waals surface area contributed by atoms with E-state index in [0.717, 1.165) is 13.0 Å². The van der Waals surface area contributed by atoms with Crippen LogP contribution in [0.25, 0.3) is 0 Å². The predicted octanol–water partition coefficient (Wildman–Crippen LogP) is 2.86. The molecular formula is C11H18N2. The number of hydrogen-bond acceptors (Lipinski definition) is 2. The van der Waals surface area contributed by atoms with Crippen LogP contribution in [-0.4, -0.2) is 11.5 Å². The van der Waals surface area contributed by atoms with Gasteiger partial charge in [0.25, 0.3) is 0 Å². The van der Waals surface area contributed by atoms with Gasteiger partial charge in [-0.3, -0.25) is 4.98 Å². The van der Waals surface area contributed by atoms with Gasteiger partial charge in [0, 0.05) is 24.1 Å². The Morgan fingerprint density at radius 1 is 1.38 bits per heavy atom. The molecule has 72 valence electrons. The molecule has 0 aliphatic heterocycles. The fourth-order valence-electron chi connectivity index (χ4n) is 1.29. The zero-order chi connectivity index (χ0) is 9.52. The van der Waals surface area contributed by atoms with E-state index in [9.17, 15) is 0 Å². The van der Waals surface area contributed by atoms with Crippen LogP contribution in [0.15, 0.2) is 18.3 Å². The van der Waals surface area contributed by atoms with Crippen molar-refractivity contribution in [3.8, 4) is 0 Å². The lowest BCUT2D eigenvalue weighted by Crippen LogP contribution is -1.98. The molecule has 1 aromatic heterocycles. The number of aryl methyl sites for hydroxylation is 1. The van der Waals surface area contributed by atoms with Crippen molar-refractivity contribution in [1.29, 1.82) is 0 Å². The third-order valence-electron chi connectivity index (χ3n) is 1.98. The summed E-state index contributed by atoms with van der Waals surface area (Å²) in [5.41, 5.74) is 2.38. The molecule has 0 aliphatic carbocycles. The first kappa shape index (κ1) is 10.0. The minimum atomic E-state index is 0.969. The average Bonchev–Trinajstić information content (AvgIpc) is 2.16. The van der Waals surface area contributed by atoms with Gasteiger partial charge in [0.1, 0.15) is 0 Å². The van der Waals surface area contributed by atoms with Gasteiger partial charge in [-0.05, 0) is 31.9 Å². The van der Waals surface area contributed by atoms with Gasteiger partial charge in [0.2, 0.25) is 0 Å². The Morgan fingerprint density at radius 3 is 2.92 bits per heavy atom. The maximum absolute atomic E-state index is 4.32. The quantitative estimate of drug-likeness (QED) is 0.750. The molecular weight excluding hydrogens is 160 g/mol. The van der Waals surface area contributed by atoms with E-state index in [0.29, 0.717) is 0 Å². The molecule has 0 aliphatic rings. The highest BCUT2D eigenvalue weighted by Crippen LogP contribution is 2.09. The van der Waals surface area contributed by atoms with E-state index in [4.69, 9.17) is 0 Å². The van der Waals surface area contributed by atoms with E-state index < -0.39 is 0 Å². The van der Waals surface area contributed by atoms with E-state index in [2.05, 4.69) is 30.2 Å². The Hall–Kier alpha value is -1.05. The van der Waals surface area contributed by atoms with E-state index in [1.807, 2.05) is 12.3 Å². The fourth-order valence-corrected chi connectivity index (χ4v) is 1.29.